The Labute approximate surface area is 168 Å². The van der Waals surface area contributed by atoms with E-state index in [9.17, 15) is 4.79 Å². The number of aryl methyl sites for hydroxylation is 4. The average Bonchev–Trinajstić information content (AvgIpc) is 2.97. The summed E-state index contributed by atoms with van der Waals surface area (Å²) in [5, 5.41) is 4.81. The van der Waals surface area contributed by atoms with Crippen LogP contribution in [-0.2, 0) is 5.75 Å². The molecule has 2 aromatic heterocycles. The summed E-state index contributed by atoms with van der Waals surface area (Å²) in [6.07, 6.45) is 1.64. The lowest BCUT2D eigenvalue weighted by Gasteiger charge is -2.04. The molecule has 0 atom stereocenters. The largest absolute Gasteiger partial charge is 0.362 e. The van der Waals surface area contributed by atoms with Crippen molar-refractivity contribution in [2.24, 2.45) is 5.10 Å². The standard InChI is InChI=1S/C21H23N5OS/c1-13-9-14(2)25-21(24-13)28-12-17-5-7-18(8-6-17)20(27)26-22-11-19-10-15(3)23-16(19)4/h5-11,23H,12H2,1-4H3,(H,26,27)/b22-11+. The zero-order valence-corrected chi connectivity index (χ0v) is 17.2. The van der Waals surface area contributed by atoms with Crippen LogP contribution in [-0.4, -0.2) is 27.1 Å². The number of rotatable bonds is 6. The lowest BCUT2D eigenvalue weighted by atomic mass is 10.1. The summed E-state index contributed by atoms with van der Waals surface area (Å²) in [5.74, 6) is 0.507. The number of nitrogens with one attached hydrogen (secondary N) is 2. The lowest BCUT2D eigenvalue weighted by molar-refractivity contribution is 0.0955. The molecule has 1 amide bonds. The molecule has 7 heteroatoms. The lowest BCUT2D eigenvalue weighted by Crippen LogP contribution is -2.17. The maximum atomic E-state index is 12.2. The van der Waals surface area contributed by atoms with E-state index in [0.717, 1.165) is 44.8 Å². The van der Waals surface area contributed by atoms with Gasteiger partial charge >= 0.3 is 0 Å². The van der Waals surface area contributed by atoms with Crippen LogP contribution in [0.4, 0.5) is 0 Å². The number of amides is 1. The molecule has 0 unspecified atom stereocenters. The van der Waals surface area contributed by atoms with Crippen LogP contribution in [0.3, 0.4) is 0 Å². The van der Waals surface area contributed by atoms with Gasteiger partial charge in [0.2, 0.25) is 0 Å². The minimum Gasteiger partial charge on any atom is -0.362 e. The van der Waals surface area contributed by atoms with Crippen molar-refractivity contribution in [3.05, 3.63) is 75.9 Å². The highest BCUT2D eigenvalue weighted by atomic mass is 32.2. The number of aromatic nitrogens is 3. The highest BCUT2D eigenvalue weighted by molar-refractivity contribution is 7.98. The van der Waals surface area contributed by atoms with Crippen LogP contribution in [0.15, 0.2) is 46.7 Å². The van der Waals surface area contributed by atoms with Crippen molar-refractivity contribution in [2.75, 3.05) is 0 Å². The topological polar surface area (TPSA) is 83.0 Å². The van der Waals surface area contributed by atoms with E-state index in [-0.39, 0.29) is 5.91 Å². The second kappa shape index (κ2) is 8.84. The molecule has 2 N–H and O–H groups in total. The van der Waals surface area contributed by atoms with E-state index in [0.29, 0.717) is 5.56 Å². The zero-order valence-electron chi connectivity index (χ0n) is 16.4. The molecule has 3 aromatic rings. The van der Waals surface area contributed by atoms with Crippen LogP contribution in [0.25, 0.3) is 0 Å². The summed E-state index contributed by atoms with van der Waals surface area (Å²) in [7, 11) is 0. The van der Waals surface area contributed by atoms with E-state index in [1.54, 1.807) is 30.1 Å². The fourth-order valence-electron chi connectivity index (χ4n) is 2.76. The molecule has 1 aromatic carbocycles. The molecule has 0 bridgehead atoms. The normalized spacial score (nSPS) is 11.1. The van der Waals surface area contributed by atoms with Crippen LogP contribution >= 0.6 is 11.8 Å². The van der Waals surface area contributed by atoms with Crippen LogP contribution in [0.2, 0.25) is 0 Å². The van der Waals surface area contributed by atoms with Gasteiger partial charge in [0.05, 0.1) is 6.21 Å². The van der Waals surface area contributed by atoms with Gasteiger partial charge in [-0.05, 0) is 57.5 Å². The first-order valence-electron chi connectivity index (χ1n) is 8.94. The minimum atomic E-state index is -0.238. The molecule has 0 fully saturated rings. The van der Waals surface area contributed by atoms with Crippen molar-refractivity contribution in [2.45, 2.75) is 38.6 Å². The van der Waals surface area contributed by atoms with Gasteiger partial charge in [-0.25, -0.2) is 15.4 Å². The molecule has 3 rings (SSSR count). The van der Waals surface area contributed by atoms with Crippen molar-refractivity contribution in [1.82, 2.24) is 20.4 Å². The molecule has 0 radical (unpaired) electrons. The summed E-state index contributed by atoms with van der Waals surface area (Å²) in [4.78, 5) is 24.3. The number of carbonyl (C=O) groups is 1. The van der Waals surface area contributed by atoms with Gasteiger partial charge in [-0.3, -0.25) is 4.79 Å². The quantitative estimate of drug-likeness (QED) is 0.286. The highest BCUT2D eigenvalue weighted by Crippen LogP contribution is 2.20. The minimum absolute atomic E-state index is 0.238. The molecule has 144 valence electrons. The van der Waals surface area contributed by atoms with Crippen LogP contribution in [0.1, 0.15) is 44.3 Å². The van der Waals surface area contributed by atoms with E-state index >= 15 is 0 Å². The Hall–Kier alpha value is -2.93. The van der Waals surface area contributed by atoms with Gasteiger partial charge < -0.3 is 4.98 Å². The van der Waals surface area contributed by atoms with E-state index in [1.165, 1.54) is 0 Å². The molecular formula is C21H23N5OS. The highest BCUT2D eigenvalue weighted by Gasteiger charge is 2.06. The second-order valence-electron chi connectivity index (χ2n) is 6.65. The first-order chi connectivity index (χ1) is 13.4. The number of H-pyrrole nitrogens is 1. The first-order valence-corrected chi connectivity index (χ1v) is 9.93. The summed E-state index contributed by atoms with van der Waals surface area (Å²) < 4.78 is 0. The van der Waals surface area contributed by atoms with Gasteiger partial charge in [-0.2, -0.15) is 5.10 Å². The number of hydrazone groups is 1. The first kappa shape index (κ1) is 19.8. The molecule has 0 aliphatic rings. The van der Waals surface area contributed by atoms with E-state index in [4.69, 9.17) is 0 Å². The molecule has 0 aliphatic carbocycles. The van der Waals surface area contributed by atoms with Crippen LogP contribution in [0.5, 0.6) is 0 Å². The monoisotopic (exact) mass is 393 g/mol. The van der Waals surface area contributed by atoms with E-state index in [2.05, 4.69) is 25.5 Å². The molecule has 0 spiro atoms. The second-order valence-corrected chi connectivity index (χ2v) is 7.59. The predicted molar refractivity (Wildman–Crippen MR) is 113 cm³/mol. The molecule has 0 saturated heterocycles. The van der Waals surface area contributed by atoms with E-state index < -0.39 is 0 Å². The molecule has 28 heavy (non-hydrogen) atoms. The van der Waals surface area contributed by atoms with Crippen molar-refractivity contribution < 1.29 is 4.79 Å². The van der Waals surface area contributed by atoms with Crippen molar-refractivity contribution in [1.29, 1.82) is 0 Å². The SMILES string of the molecule is Cc1cc(C)nc(SCc2ccc(C(=O)N/N=C/c3cc(C)[nH]c3C)cc2)n1. The van der Waals surface area contributed by atoms with Crippen molar-refractivity contribution >= 4 is 23.9 Å². The summed E-state index contributed by atoms with van der Waals surface area (Å²) in [6, 6.07) is 11.4. The van der Waals surface area contributed by atoms with Crippen molar-refractivity contribution in [3.8, 4) is 0 Å². The third-order valence-corrected chi connectivity index (χ3v) is 5.02. The average molecular weight is 394 g/mol. The number of nitrogens with zero attached hydrogens (tertiary/aromatic N) is 3. The molecule has 6 nitrogen and oxygen atoms in total. The Bertz CT molecular complexity index is 988. The molecule has 0 saturated carbocycles. The van der Waals surface area contributed by atoms with Gasteiger partial charge in [-0.1, -0.05) is 23.9 Å². The Kier molecular flexibility index (Phi) is 6.26. The Balaban J connectivity index is 1.55. The predicted octanol–water partition coefficient (Wildman–Crippen LogP) is 4.09. The maximum absolute atomic E-state index is 12.2. The third-order valence-electron chi connectivity index (χ3n) is 4.11. The van der Waals surface area contributed by atoms with E-state index in [1.807, 2.05) is 52.0 Å². The fraction of sp³-hybridized carbons (Fsp3) is 0.238. The van der Waals surface area contributed by atoms with Gasteiger partial charge in [0, 0.05) is 39.7 Å². The molecule has 2 heterocycles. The Morgan fingerprint density at radius 1 is 1.11 bits per heavy atom. The third kappa shape index (κ3) is 5.29. The Morgan fingerprint density at radius 3 is 2.39 bits per heavy atom. The number of thioether (sulfide) groups is 1. The van der Waals surface area contributed by atoms with Crippen LogP contribution in [0, 0.1) is 27.7 Å². The maximum Gasteiger partial charge on any atom is 0.271 e. The van der Waals surface area contributed by atoms with Gasteiger partial charge in [-0.15, -0.1) is 0 Å². The molecular weight excluding hydrogens is 370 g/mol. The summed E-state index contributed by atoms with van der Waals surface area (Å²) in [6.45, 7) is 7.88. The number of hydrogen-bond acceptors (Lipinski definition) is 5. The smallest absolute Gasteiger partial charge is 0.271 e. The van der Waals surface area contributed by atoms with Crippen LogP contribution < -0.4 is 5.43 Å². The number of aromatic amines is 1. The zero-order chi connectivity index (χ0) is 20.1. The summed E-state index contributed by atoms with van der Waals surface area (Å²) >= 11 is 1.58. The number of benzene rings is 1. The van der Waals surface area contributed by atoms with Gasteiger partial charge in [0.25, 0.3) is 5.91 Å². The van der Waals surface area contributed by atoms with Gasteiger partial charge in [0.1, 0.15) is 0 Å². The molecule has 0 aliphatic heterocycles. The summed E-state index contributed by atoms with van der Waals surface area (Å²) in [5.41, 5.74) is 9.20. The number of carbonyl (C=O) groups excluding carboxylic acids is 1. The van der Waals surface area contributed by atoms with Crippen molar-refractivity contribution in [3.63, 3.8) is 0 Å². The van der Waals surface area contributed by atoms with Gasteiger partial charge in [0.15, 0.2) is 5.16 Å². The Morgan fingerprint density at radius 2 is 1.79 bits per heavy atom. The fourth-order valence-corrected chi connectivity index (χ4v) is 3.67. The number of hydrogen-bond donors (Lipinski definition) is 2.